The third kappa shape index (κ3) is 5.16. The second kappa shape index (κ2) is 8.18. The highest BCUT2D eigenvalue weighted by Gasteiger charge is 2.16. The number of nitrogens with one attached hydrogen (secondary N) is 1. The van der Waals surface area contributed by atoms with Gasteiger partial charge in [0, 0.05) is 11.9 Å². The third-order valence-corrected chi connectivity index (χ3v) is 4.70. The Balaban J connectivity index is 1.73. The lowest BCUT2D eigenvalue weighted by atomic mass is 9.94. The molecule has 21 heavy (non-hydrogen) atoms. The van der Waals surface area contributed by atoms with Gasteiger partial charge in [-0.05, 0) is 51.4 Å². The Morgan fingerprint density at radius 3 is 3.00 bits per heavy atom. The van der Waals surface area contributed by atoms with E-state index < -0.39 is 0 Å². The van der Waals surface area contributed by atoms with Gasteiger partial charge in [0.15, 0.2) is 0 Å². The minimum Gasteiger partial charge on any atom is -0.352 e. The molecule has 3 N–H and O–H groups in total. The molecule has 0 aliphatic carbocycles. The van der Waals surface area contributed by atoms with Crippen LogP contribution in [-0.2, 0) is 0 Å². The van der Waals surface area contributed by atoms with Crippen molar-refractivity contribution in [2.75, 3.05) is 33.2 Å². The van der Waals surface area contributed by atoms with Crippen molar-refractivity contribution in [2.24, 2.45) is 11.7 Å². The molecule has 1 aliphatic heterocycles. The average Bonchev–Trinajstić information content (AvgIpc) is 2.96. The van der Waals surface area contributed by atoms with E-state index in [1.54, 1.807) is 0 Å². The van der Waals surface area contributed by atoms with E-state index in [9.17, 15) is 4.79 Å². The fraction of sp³-hybridized carbons (Fsp3) is 0.562. The summed E-state index contributed by atoms with van der Waals surface area (Å²) in [4.78, 5) is 15.3. The Hall–Kier alpha value is -1.35. The first kappa shape index (κ1) is 16.0. The van der Waals surface area contributed by atoms with Crippen molar-refractivity contribution in [1.29, 1.82) is 0 Å². The van der Waals surface area contributed by atoms with Crippen molar-refractivity contribution >= 4 is 17.2 Å². The lowest BCUT2D eigenvalue weighted by Gasteiger charge is -2.28. The van der Waals surface area contributed by atoms with Crippen molar-refractivity contribution in [3.05, 3.63) is 21.9 Å². The molecule has 1 aromatic rings. The largest absolute Gasteiger partial charge is 0.352 e. The van der Waals surface area contributed by atoms with Gasteiger partial charge in [-0.15, -0.1) is 11.3 Å². The molecule has 2 rings (SSSR count). The van der Waals surface area contributed by atoms with Gasteiger partial charge >= 0.3 is 0 Å². The predicted molar refractivity (Wildman–Crippen MR) is 87.4 cm³/mol. The van der Waals surface area contributed by atoms with Crippen LogP contribution in [0.25, 0.3) is 0 Å². The molecule has 1 saturated heterocycles. The highest BCUT2D eigenvalue weighted by atomic mass is 32.1. The quantitative estimate of drug-likeness (QED) is 0.829. The molecule has 114 valence electrons. The first-order valence-corrected chi connectivity index (χ1v) is 8.31. The number of likely N-dealkylation sites (tertiary alicyclic amines) is 1. The Labute approximate surface area is 130 Å². The van der Waals surface area contributed by atoms with Crippen LogP contribution in [0.3, 0.4) is 0 Å². The maximum absolute atomic E-state index is 12.0. The van der Waals surface area contributed by atoms with Crippen molar-refractivity contribution in [2.45, 2.75) is 19.3 Å². The van der Waals surface area contributed by atoms with E-state index in [0.717, 1.165) is 23.8 Å². The monoisotopic (exact) mass is 305 g/mol. The smallest absolute Gasteiger partial charge is 0.252 e. The van der Waals surface area contributed by atoms with Crippen LogP contribution in [-0.4, -0.2) is 44.0 Å². The van der Waals surface area contributed by atoms with Crippen LogP contribution < -0.4 is 11.1 Å². The Bertz CT molecular complexity index is 521. The molecule has 0 spiro atoms. The summed E-state index contributed by atoms with van der Waals surface area (Å²) in [5.74, 6) is 6.49. The summed E-state index contributed by atoms with van der Waals surface area (Å²) in [7, 11) is 2.17. The highest BCUT2D eigenvalue weighted by molar-refractivity contribution is 7.10. The van der Waals surface area contributed by atoms with Gasteiger partial charge in [0.25, 0.3) is 5.91 Å². The molecule has 0 saturated carbocycles. The summed E-state index contributed by atoms with van der Waals surface area (Å²) >= 11 is 1.48. The Morgan fingerprint density at radius 2 is 2.29 bits per heavy atom. The molecule has 0 atom stereocenters. The van der Waals surface area contributed by atoms with Gasteiger partial charge in [0.05, 0.1) is 17.0 Å². The van der Waals surface area contributed by atoms with Crippen LogP contribution in [0.1, 0.15) is 34.5 Å². The van der Waals surface area contributed by atoms with E-state index in [1.165, 1.54) is 37.3 Å². The summed E-state index contributed by atoms with van der Waals surface area (Å²) in [5.41, 5.74) is 6.04. The molecule has 4 nitrogen and oxygen atoms in total. The van der Waals surface area contributed by atoms with Gasteiger partial charge in [0.2, 0.25) is 0 Å². The molecule has 5 heteroatoms. The van der Waals surface area contributed by atoms with E-state index in [0.29, 0.717) is 12.1 Å². The first-order chi connectivity index (χ1) is 10.2. The summed E-state index contributed by atoms with van der Waals surface area (Å²) in [6, 6.07) is 1.83. The second-order valence-electron chi connectivity index (χ2n) is 5.50. The van der Waals surface area contributed by atoms with Gasteiger partial charge in [-0.2, -0.15) is 0 Å². The number of carbonyl (C=O) groups is 1. The zero-order chi connectivity index (χ0) is 15.1. The summed E-state index contributed by atoms with van der Waals surface area (Å²) in [6.07, 6.45) is 3.55. The van der Waals surface area contributed by atoms with Crippen molar-refractivity contribution < 1.29 is 4.79 Å². The minimum atomic E-state index is -0.0000223. The Morgan fingerprint density at radius 1 is 1.52 bits per heavy atom. The summed E-state index contributed by atoms with van der Waals surface area (Å²) in [6.45, 7) is 3.45. The molecule has 0 aromatic carbocycles. The summed E-state index contributed by atoms with van der Waals surface area (Å²) in [5, 5.41) is 4.86. The number of amides is 1. The highest BCUT2D eigenvalue weighted by Crippen LogP contribution is 2.19. The van der Waals surface area contributed by atoms with E-state index in [1.807, 2.05) is 11.4 Å². The van der Waals surface area contributed by atoms with Crippen molar-refractivity contribution in [3.63, 3.8) is 0 Å². The fourth-order valence-corrected chi connectivity index (χ4v) is 3.26. The molecule has 1 fully saturated rings. The number of carbonyl (C=O) groups excluding carboxylic acids is 1. The molecular weight excluding hydrogens is 282 g/mol. The van der Waals surface area contributed by atoms with Crippen LogP contribution in [0, 0.1) is 17.8 Å². The standard InChI is InChI=1S/C16H23N3OS/c1-19-9-5-13(6-10-19)4-8-18-16(20)14-11-15(21-12-14)3-2-7-17/h11-13H,4-10,17H2,1H3,(H,18,20). The van der Waals surface area contributed by atoms with Crippen LogP contribution in [0.15, 0.2) is 11.4 Å². The number of thiophene rings is 1. The number of hydrogen-bond acceptors (Lipinski definition) is 4. The van der Waals surface area contributed by atoms with Crippen molar-refractivity contribution in [3.8, 4) is 11.8 Å². The number of hydrogen-bond donors (Lipinski definition) is 2. The van der Waals surface area contributed by atoms with Crippen LogP contribution >= 0.6 is 11.3 Å². The zero-order valence-electron chi connectivity index (χ0n) is 12.5. The average molecular weight is 305 g/mol. The number of nitrogens with zero attached hydrogens (tertiary/aromatic N) is 1. The van der Waals surface area contributed by atoms with Gasteiger partial charge < -0.3 is 16.0 Å². The maximum Gasteiger partial charge on any atom is 0.252 e. The molecular formula is C16H23N3OS. The minimum absolute atomic E-state index is 0.0000223. The molecule has 1 amide bonds. The lowest BCUT2D eigenvalue weighted by Crippen LogP contribution is -2.32. The topological polar surface area (TPSA) is 58.4 Å². The lowest BCUT2D eigenvalue weighted by molar-refractivity contribution is 0.0949. The molecule has 1 aromatic heterocycles. The third-order valence-electron chi connectivity index (χ3n) is 3.85. The van der Waals surface area contributed by atoms with E-state index in [4.69, 9.17) is 5.73 Å². The normalized spacial score (nSPS) is 16.3. The zero-order valence-corrected chi connectivity index (χ0v) is 13.3. The maximum atomic E-state index is 12.0. The molecule has 2 heterocycles. The Kier molecular flexibility index (Phi) is 6.24. The van der Waals surface area contributed by atoms with Crippen molar-refractivity contribution in [1.82, 2.24) is 10.2 Å². The fourth-order valence-electron chi connectivity index (χ4n) is 2.50. The van der Waals surface area contributed by atoms with Crippen LogP contribution in [0.5, 0.6) is 0 Å². The molecule has 0 unspecified atom stereocenters. The van der Waals surface area contributed by atoms with Gasteiger partial charge in [0.1, 0.15) is 0 Å². The van der Waals surface area contributed by atoms with E-state index >= 15 is 0 Å². The predicted octanol–water partition coefficient (Wildman–Crippen LogP) is 1.52. The SMILES string of the molecule is CN1CCC(CCNC(=O)c2csc(C#CCN)c2)CC1. The first-order valence-electron chi connectivity index (χ1n) is 7.43. The molecule has 1 aliphatic rings. The van der Waals surface area contributed by atoms with Crippen LogP contribution in [0.2, 0.25) is 0 Å². The van der Waals surface area contributed by atoms with Crippen LogP contribution in [0.4, 0.5) is 0 Å². The van der Waals surface area contributed by atoms with Gasteiger partial charge in [-0.25, -0.2) is 0 Å². The van der Waals surface area contributed by atoms with E-state index in [-0.39, 0.29) is 5.91 Å². The second-order valence-corrected chi connectivity index (χ2v) is 6.41. The van der Waals surface area contributed by atoms with Gasteiger partial charge in [-0.1, -0.05) is 11.8 Å². The molecule has 0 radical (unpaired) electrons. The number of piperidine rings is 1. The van der Waals surface area contributed by atoms with E-state index in [2.05, 4.69) is 29.1 Å². The summed E-state index contributed by atoms with van der Waals surface area (Å²) < 4.78 is 0. The number of nitrogens with two attached hydrogens (primary N) is 1. The molecule has 0 bridgehead atoms. The number of rotatable bonds is 4. The van der Waals surface area contributed by atoms with Gasteiger partial charge in [-0.3, -0.25) is 4.79 Å².